The lowest BCUT2D eigenvalue weighted by molar-refractivity contribution is -0.384. The van der Waals surface area contributed by atoms with Gasteiger partial charge in [-0.1, -0.05) is 6.42 Å². The van der Waals surface area contributed by atoms with E-state index in [1.807, 2.05) is 0 Å². The van der Waals surface area contributed by atoms with Gasteiger partial charge in [-0.15, -0.1) is 0 Å². The number of anilines is 1. The number of nitrogens with one attached hydrogen (secondary N) is 1. The molecule has 2 fully saturated rings. The first-order valence-corrected chi connectivity index (χ1v) is 7.01. The van der Waals surface area contributed by atoms with Gasteiger partial charge in [-0.25, -0.2) is 4.98 Å². The maximum absolute atomic E-state index is 11.0. The highest BCUT2D eigenvalue weighted by atomic mass is 16.6. The topological polar surface area (TPSA) is 68.1 Å². The Kier molecular flexibility index (Phi) is 3.12. The van der Waals surface area contributed by atoms with Crippen molar-refractivity contribution in [2.75, 3.05) is 5.32 Å². The molecule has 0 aliphatic heterocycles. The smallest absolute Gasteiger partial charge is 0.311 e. The third kappa shape index (κ3) is 2.29. The fourth-order valence-electron chi connectivity index (χ4n) is 3.88. The molecule has 1 N–H and O–H groups in total. The molecule has 0 unspecified atom stereocenters. The van der Waals surface area contributed by atoms with E-state index in [0.717, 1.165) is 11.8 Å². The molecule has 2 aliphatic carbocycles. The number of hydrogen-bond donors (Lipinski definition) is 1. The fraction of sp³-hybridized carbons (Fsp3) is 0.643. The van der Waals surface area contributed by atoms with E-state index in [1.165, 1.54) is 31.7 Å². The number of nitrogens with zero attached hydrogens (tertiary/aromatic N) is 2. The Hall–Kier alpha value is -1.65. The lowest BCUT2D eigenvalue weighted by Gasteiger charge is -2.28. The van der Waals surface area contributed by atoms with Gasteiger partial charge in [0.05, 0.1) is 4.92 Å². The van der Waals surface area contributed by atoms with E-state index in [9.17, 15) is 10.1 Å². The number of hydrogen-bond acceptors (Lipinski definition) is 4. The Morgan fingerprint density at radius 3 is 2.95 bits per heavy atom. The van der Waals surface area contributed by atoms with Gasteiger partial charge in [0.2, 0.25) is 5.82 Å². The highest BCUT2D eigenvalue weighted by Crippen LogP contribution is 2.49. The van der Waals surface area contributed by atoms with E-state index in [-0.39, 0.29) is 16.7 Å². The third-order valence-corrected chi connectivity index (χ3v) is 4.78. The molecule has 1 heterocycles. The van der Waals surface area contributed by atoms with Crippen LogP contribution < -0.4 is 5.32 Å². The SMILES string of the molecule is C[C@H](Nc1ncccc1[N+](=O)[O-])[C@H]1C[C@H]2CC[C@H]1C2. The van der Waals surface area contributed by atoms with Gasteiger partial charge in [-0.2, -0.15) is 0 Å². The van der Waals surface area contributed by atoms with Crippen LogP contribution in [0.5, 0.6) is 0 Å². The summed E-state index contributed by atoms with van der Waals surface area (Å²) in [5.41, 5.74) is 0.0671. The standard InChI is InChI=1S/C14H19N3O2/c1-9(12-8-10-4-5-11(12)7-10)16-14-13(17(18)19)3-2-6-15-14/h2-3,6,9-12H,4-5,7-8H2,1H3,(H,15,16)/t9-,10-,11-,12+/m0/s1. The molecule has 3 rings (SSSR count). The maximum Gasteiger partial charge on any atom is 0.311 e. The Labute approximate surface area is 112 Å². The first kappa shape index (κ1) is 12.4. The summed E-state index contributed by atoms with van der Waals surface area (Å²) >= 11 is 0. The predicted molar refractivity (Wildman–Crippen MR) is 72.9 cm³/mol. The van der Waals surface area contributed by atoms with Gasteiger partial charge in [0.15, 0.2) is 0 Å². The van der Waals surface area contributed by atoms with E-state index in [2.05, 4.69) is 17.2 Å². The van der Waals surface area contributed by atoms with Crippen molar-refractivity contribution in [1.29, 1.82) is 0 Å². The number of nitro groups is 1. The molecule has 0 aromatic carbocycles. The first-order chi connectivity index (χ1) is 9.15. The number of fused-ring (bicyclic) bond motifs is 2. The van der Waals surface area contributed by atoms with Crippen LogP contribution in [0.1, 0.15) is 32.6 Å². The molecule has 1 aromatic rings. The van der Waals surface area contributed by atoms with Gasteiger partial charge >= 0.3 is 5.69 Å². The van der Waals surface area contributed by atoms with Crippen LogP contribution in [0.4, 0.5) is 11.5 Å². The summed E-state index contributed by atoms with van der Waals surface area (Å²) in [6.45, 7) is 2.13. The Morgan fingerprint density at radius 2 is 2.32 bits per heavy atom. The lowest BCUT2D eigenvalue weighted by Crippen LogP contribution is -2.30. The molecule has 2 aliphatic rings. The van der Waals surface area contributed by atoms with E-state index in [1.54, 1.807) is 12.3 Å². The molecule has 0 spiro atoms. The van der Waals surface area contributed by atoms with Crippen molar-refractivity contribution in [3.63, 3.8) is 0 Å². The second kappa shape index (κ2) is 4.79. The van der Waals surface area contributed by atoms with Crippen LogP contribution in [-0.2, 0) is 0 Å². The molecule has 0 radical (unpaired) electrons. The summed E-state index contributed by atoms with van der Waals surface area (Å²) in [5, 5.41) is 14.2. The van der Waals surface area contributed by atoms with E-state index in [0.29, 0.717) is 11.7 Å². The van der Waals surface area contributed by atoms with Crippen LogP contribution in [0.3, 0.4) is 0 Å². The second-order valence-corrected chi connectivity index (χ2v) is 5.90. The van der Waals surface area contributed by atoms with Gasteiger partial charge in [0.25, 0.3) is 0 Å². The highest BCUT2D eigenvalue weighted by molar-refractivity contribution is 5.55. The fourth-order valence-corrected chi connectivity index (χ4v) is 3.88. The minimum atomic E-state index is -0.372. The zero-order chi connectivity index (χ0) is 13.4. The van der Waals surface area contributed by atoms with Crippen molar-refractivity contribution in [2.45, 2.75) is 38.6 Å². The van der Waals surface area contributed by atoms with Crippen LogP contribution in [0.25, 0.3) is 0 Å². The Bertz CT molecular complexity index is 491. The molecule has 19 heavy (non-hydrogen) atoms. The van der Waals surface area contributed by atoms with Crippen LogP contribution in [0, 0.1) is 27.9 Å². The molecule has 2 bridgehead atoms. The van der Waals surface area contributed by atoms with Gasteiger partial charge in [-0.05, 0) is 50.0 Å². The summed E-state index contributed by atoms with van der Waals surface area (Å²) in [4.78, 5) is 14.7. The highest BCUT2D eigenvalue weighted by Gasteiger charge is 2.42. The molecule has 102 valence electrons. The Morgan fingerprint density at radius 1 is 1.47 bits per heavy atom. The van der Waals surface area contributed by atoms with Crippen LogP contribution in [-0.4, -0.2) is 15.9 Å². The monoisotopic (exact) mass is 261 g/mol. The number of pyridine rings is 1. The first-order valence-electron chi connectivity index (χ1n) is 7.01. The van der Waals surface area contributed by atoms with Crippen molar-refractivity contribution in [3.8, 4) is 0 Å². The number of aromatic nitrogens is 1. The summed E-state index contributed by atoms with van der Waals surface area (Å²) in [6, 6.07) is 3.36. The second-order valence-electron chi connectivity index (χ2n) is 5.90. The molecule has 5 nitrogen and oxygen atoms in total. The van der Waals surface area contributed by atoms with Crippen molar-refractivity contribution >= 4 is 11.5 Å². The molecule has 1 aromatic heterocycles. The zero-order valence-electron chi connectivity index (χ0n) is 11.1. The van der Waals surface area contributed by atoms with Gasteiger partial charge in [-0.3, -0.25) is 10.1 Å². The third-order valence-electron chi connectivity index (χ3n) is 4.78. The summed E-state index contributed by atoms with van der Waals surface area (Å²) in [5.74, 6) is 2.73. The molecule has 0 saturated heterocycles. The van der Waals surface area contributed by atoms with E-state index < -0.39 is 0 Å². The normalized spacial score (nSPS) is 30.3. The number of rotatable bonds is 4. The molecule has 0 amide bonds. The minimum Gasteiger partial charge on any atom is -0.362 e. The molecule has 2 saturated carbocycles. The average Bonchev–Trinajstić information content (AvgIpc) is 3.01. The zero-order valence-corrected chi connectivity index (χ0v) is 11.1. The van der Waals surface area contributed by atoms with Crippen molar-refractivity contribution in [3.05, 3.63) is 28.4 Å². The molecular formula is C14H19N3O2. The van der Waals surface area contributed by atoms with Crippen molar-refractivity contribution in [1.82, 2.24) is 4.98 Å². The molecule has 4 atom stereocenters. The quantitative estimate of drug-likeness (QED) is 0.667. The van der Waals surface area contributed by atoms with Gasteiger partial charge in [0, 0.05) is 18.3 Å². The minimum absolute atomic E-state index is 0.0671. The predicted octanol–water partition coefficient (Wildman–Crippen LogP) is 3.23. The summed E-state index contributed by atoms with van der Waals surface area (Å²) in [7, 11) is 0. The lowest BCUT2D eigenvalue weighted by atomic mass is 9.84. The van der Waals surface area contributed by atoms with Crippen LogP contribution >= 0.6 is 0 Å². The largest absolute Gasteiger partial charge is 0.362 e. The van der Waals surface area contributed by atoms with Crippen LogP contribution in [0.15, 0.2) is 18.3 Å². The molecule has 5 heteroatoms. The van der Waals surface area contributed by atoms with Gasteiger partial charge < -0.3 is 5.32 Å². The van der Waals surface area contributed by atoms with Gasteiger partial charge in [0.1, 0.15) is 0 Å². The van der Waals surface area contributed by atoms with E-state index >= 15 is 0 Å². The maximum atomic E-state index is 11.0. The summed E-state index contributed by atoms with van der Waals surface area (Å²) < 4.78 is 0. The van der Waals surface area contributed by atoms with Crippen molar-refractivity contribution < 1.29 is 4.92 Å². The average molecular weight is 261 g/mol. The van der Waals surface area contributed by atoms with E-state index in [4.69, 9.17) is 0 Å². The molecular weight excluding hydrogens is 242 g/mol. The van der Waals surface area contributed by atoms with Crippen LogP contribution in [0.2, 0.25) is 0 Å². The Balaban J connectivity index is 1.73. The van der Waals surface area contributed by atoms with Crippen molar-refractivity contribution in [2.24, 2.45) is 17.8 Å². The summed E-state index contributed by atoms with van der Waals surface area (Å²) in [6.07, 6.45) is 6.91.